The van der Waals surface area contributed by atoms with Gasteiger partial charge in [-0.15, -0.1) is 0 Å². The fourth-order valence-corrected chi connectivity index (χ4v) is 4.23. The maximum Gasteiger partial charge on any atom is 0.243 e. The number of rotatable bonds is 11. The molecule has 0 radical (unpaired) electrons. The zero-order valence-electron chi connectivity index (χ0n) is 20.2. The summed E-state index contributed by atoms with van der Waals surface area (Å²) in [5.74, 6) is -0.595. The summed E-state index contributed by atoms with van der Waals surface area (Å²) in [7, 11) is 0. The summed E-state index contributed by atoms with van der Waals surface area (Å²) in [6, 6.07) is 33.2. The van der Waals surface area contributed by atoms with E-state index in [9.17, 15) is 9.59 Å². The van der Waals surface area contributed by atoms with Crippen molar-refractivity contribution < 1.29 is 9.59 Å². The van der Waals surface area contributed by atoms with Gasteiger partial charge in [-0.3, -0.25) is 9.59 Å². The Morgan fingerprint density at radius 1 is 0.694 bits per heavy atom. The third-order valence-corrected chi connectivity index (χ3v) is 6.09. The van der Waals surface area contributed by atoms with Crippen molar-refractivity contribution in [2.45, 2.75) is 24.9 Å². The molecular weight excluding hydrogens is 448 g/mol. The number of anilines is 1. The van der Waals surface area contributed by atoms with Crippen LogP contribution in [0, 0.1) is 0 Å². The molecule has 0 aliphatic heterocycles. The third kappa shape index (κ3) is 7.17. The van der Waals surface area contributed by atoms with Gasteiger partial charge in [-0.05, 0) is 40.5 Å². The van der Waals surface area contributed by atoms with Crippen LogP contribution in [-0.4, -0.2) is 37.0 Å². The lowest BCUT2D eigenvalue weighted by atomic mass is 10.0. The number of carbonyl (C=O) groups excluding carboxylic acids is 2. The second-order valence-corrected chi connectivity index (χ2v) is 8.85. The molecule has 6 heteroatoms. The zero-order chi connectivity index (χ0) is 25.2. The lowest BCUT2D eigenvalue weighted by molar-refractivity contribution is -0.128. The fraction of sp³-hybridized carbons (Fsp3) is 0.200. The summed E-state index contributed by atoms with van der Waals surface area (Å²) in [5, 5.41) is 11.8. The molecule has 0 fully saturated rings. The molecule has 0 aliphatic carbocycles. The number of nitrogens with two attached hydrogens (primary N) is 1. The van der Waals surface area contributed by atoms with Crippen LogP contribution in [0.1, 0.15) is 11.1 Å². The Balaban J connectivity index is 1.49. The van der Waals surface area contributed by atoms with Gasteiger partial charge in [0.25, 0.3) is 0 Å². The number of carbonyl (C=O) groups is 2. The van der Waals surface area contributed by atoms with Crippen molar-refractivity contribution in [3.63, 3.8) is 0 Å². The van der Waals surface area contributed by atoms with Crippen LogP contribution in [0.4, 0.5) is 5.69 Å². The van der Waals surface area contributed by atoms with Gasteiger partial charge in [0, 0.05) is 18.7 Å². The molecule has 0 aromatic heterocycles. The molecule has 0 bridgehead atoms. The monoisotopic (exact) mass is 480 g/mol. The van der Waals surface area contributed by atoms with E-state index in [1.54, 1.807) is 0 Å². The highest BCUT2D eigenvalue weighted by molar-refractivity contribution is 5.89. The Bertz CT molecular complexity index is 1280. The average Bonchev–Trinajstić information content (AvgIpc) is 2.92. The van der Waals surface area contributed by atoms with E-state index in [2.05, 4.69) is 40.2 Å². The SMILES string of the molecule is NCC(=O)NC(Cc1ccccc1)C(=O)NC(CNc1ccc2ccccc2c1)Cc1ccccc1. The van der Waals surface area contributed by atoms with E-state index in [1.165, 1.54) is 5.39 Å². The Hall–Kier alpha value is -4.16. The van der Waals surface area contributed by atoms with Crippen molar-refractivity contribution in [1.82, 2.24) is 10.6 Å². The number of hydrogen-bond donors (Lipinski definition) is 4. The minimum absolute atomic E-state index is 0.171. The van der Waals surface area contributed by atoms with Gasteiger partial charge >= 0.3 is 0 Å². The van der Waals surface area contributed by atoms with E-state index < -0.39 is 6.04 Å². The van der Waals surface area contributed by atoms with E-state index in [0.29, 0.717) is 19.4 Å². The van der Waals surface area contributed by atoms with Gasteiger partial charge in [-0.1, -0.05) is 91.0 Å². The van der Waals surface area contributed by atoms with Crippen LogP contribution in [0.25, 0.3) is 10.8 Å². The number of benzene rings is 4. The van der Waals surface area contributed by atoms with Gasteiger partial charge in [-0.25, -0.2) is 0 Å². The summed E-state index contributed by atoms with van der Waals surface area (Å²) >= 11 is 0. The van der Waals surface area contributed by atoms with Crippen LogP contribution in [0.15, 0.2) is 103 Å². The van der Waals surface area contributed by atoms with Crippen LogP contribution in [0.5, 0.6) is 0 Å². The first kappa shape index (κ1) is 24.9. The van der Waals surface area contributed by atoms with Crippen LogP contribution in [0.3, 0.4) is 0 Å². The largest absolute Gasteiger partial charge is 0.383 e. The van der Waals surface area contributed by atoms with Crippen molar-refractivity contribution in [3.05, 3.63) is 114 Å². The normalized spacial score (nSPS) is 12.5. The standard InChI is InChI=1S/C30H32N4O2/c31-20-29(35)34-28(18-23-11-5-2-6-12-23)30(36)33-27(17-22-9-3-1-4-10-22)21-32-26-16-15-24-13-7-8-14-25(24)19-26/h1-16,19,27-28,32H,17-18,20-21,31H2,(H,33,36)(H,34,35). The van der Waals surface area contributed by atoms with Crippen LogP contribution in [0.2, 0.25) is 0 Å². The molecule has 2 amide bonds. The minimum Gasteiger partial charge on any atom is -0.383 e. The van der Waals surface area contributed by atoms with Crippen LogP contribution < -0.4 is 21.7 Å². The Kier molecular flexibility index (Phi) is 8.67. The van der Waals surface area contributed by atoms with Crippen LogP contribution in [-0.2, 0) is 22.4 Å². The molecule has 36 heavy (non-hydrogen) atoms. The molecule has 4 rings (SSSR count). The smallest absolute Gasteiger partial charge is 0.243 e. The Morgan fingerprint density at radius 3 is 1.97 bits per heavy atom. The number of amides is 2. The van der Waals surface area contributed by atoms with Crippen molar-refractivity contribution in [2.75, 3.05) is 18.4 Å². The molecule has 4 aromatic carbocycles. The highest BCUT2D eigenvalue weighted by Gasteiger charge is 2.23. The maximum absolute atomic E-state index is 13.4. The van der Waals surface area contributed by atoms with Gasteiger partial charge in [0.2, 0.25) is 11.8 Å². The van der Waals surface area contributed by atoms with Crippen molar-refractivity contribution in [2.24, 2.45) is 5.73 Å². The van der Waals surface area contributed by atoms with Crippen molar-refractivity contribution in [1.29, 1.82) is 0 Å². The maximum atomic E-state index is 13.4. The van der Waals surface area contributed by atoms with Gasteiger partial charge in [0.05, 0.1) is 12.6 Å². The summed E-state index contributed by atoms with van der Waals surface area (Å²) < 4.78 is 0. The second kappa shape index (κ2) is 12.5. The lowest BCUT2D eigenvalue weighted by Crippen LogP contribution is -2.53. The predicted molar refractivity (Wildman–Crippen MR) is 146 cm³/mol. The molecule has 0 saturated carbocycles. The first-order valence-corrected chi connectivity index (χ1v) is 12.2. The molecule has 2 atom stereocenters. The molecule has 184 valence electrons. The average molecular weight is 481 g/mol. The number of nitrogens with one attached hydrogen (secondary N) is 3. The first-order chi connectivity index (χ1) is 17.6. The summed E-state index contributed by atoms with van der Waals surface area (Å²) in [6.07, 6.45) is 1.03. The summed E-state index contributed by atoms with van der Waals surface area (Å²) in [6.45, 7) is 0.359. The molecule has 0 spiro atoms. The number of hydrogen-bond acceptors (Lipinski definition) is 4. The van der Waals surface area contributed by atoms with Crippen molar-refractivity contribution in [3.8, 4) is 0 Å². The summed E-state index contributed by atoms with van der Waals surface area (Å²) in [4.78, 5) is 25.5. The fourth-order valence-electron chi connectivity index (χ4n) is 4.23. The molecule has 4 aromatic rings. The minimum atomic E-state index is -0.720. The Morgan fingerprint density at radius 2 is 1.31 bits per heavy atom. The van der Waals surface area contributed by atoms with Crippen LogP contribution >= 0.6 is 0 Å². The molecule has 5 N–H and O–H groups in total. The van der Waals surface area contributed by atoms with E-state index in [-0.39, 0.29) is 24.4 Å². The highest BCUT2D eigenvalue weighted by Crippen LogP contribution is 2.19. The molecule has 0 aliphatic rings. The van der Waals surface area contributed by atoms with Gasteiger partial charge in [0.15, 0.2) is 0 Å². The van der Waals surface area contributed by atoms with E-state index in [4.69, 9.17) is 5.73 Å². The molecule has 0 heterocycles. The first-order valence-electron chi connectivity index (χ1n) is 12.2. The summed E-state index contributed by atoms with van der Waals surface area (Å²) in [5.41, 5.74) is 8.58. The molecule has 6 nitrogen and oxygen atoms in total. The quantitative estimate of drug-likeness (QED) is 0.263. The second-order valence-electron chi connectivity index (χ2n) is 8.85. The van der Waals surface area contributed by atoms with E-state index >= 15 is 0 Å². The van der Waals surface area contributed by atoms with E-state index in [1.807, 2.05) is 78.9 Å². The van der Waals surface area contributed by atoms with Gasteiger partial charge in [0.1, 0.15) is 6.04 Å². The molecule has 0 saturated heterocycles. The molecule has 2 unspecified atom stereocenters. The lowest BCUT2D eigenvalue weighted by Gasteiger charge is -2.24. The third-order valence-electron chi connectivity index (χ3n) is 6.09. The van der Waals surface area contributed by atoms with Gasteiger partial charge in [-0.2, -0.15) is 0 Å². The Labute approximate surface area is 211 Å². The zero-order valence-corrected chi connectivity index (χ0v) is 20.2. The van der Waals surface area contributed by atoms with Crippen molar-refractivity contribution >= 4 is 28.3 Å². The predicted octanol–water partition coefficient (Wildman–Crippen LogP) is 3.67. The molecular formula is C30H32N4O2. The highest BCUT2D eigenvalue weighted by atomic mass is 16.2. The van der Waals surface area contributed by atoms with Gasteiger partial charge < -0.3 is 21.7 Å². The topological polar surface area (TPSA) is 96.2 Å². The van der Waals surface area contributed by atoms with E-state index in [0.717, 1.165) is 22.2 Å². The number of fused-ring (bicyclic) bond motifs is 1.